The van der Waals surface area contributed by atoms with Crippen molar-refractivity contribution in [3.05, 3.63) is 96.1 Å². The lowest BCUT2D eigenvalue weighted by atomic mass is 9.83. The van der Waals surface area contributed by atoms with E-state index in [1.807, 2.05) is 36.4 Å². The summed E-state index contributed by atoms with van der Waals surface area (Å²) in [7, 11) is 0. The van der Waals surface area contributed by atoms with Gasteiger partial charge in [-0.15, -0.1) is 0 Å². The number of aromatic hydroxyl groups is 2. The predicted octanol–water partition coefficient (Wildman–Crippen LogP) is 9.28. The lowest BCUT2D eigenvalue weighted by Gasteiger charge is -2.21. The molecular weight excluding hydrogens is 440 g/mol. The molecule has 0 heterocycles. The second kappa shape index (κ2) is 8.87. The standard InChI is InChI=1S/C34H30O2/c1-3-11-21-13-9-19-27-29(21)33(35)25-17-7-5-15-23(25)31(27)32-24-16-6-8-18-26(24)34(36)30-22(12-4-2)14-10-20-28(30)32/h5-10,13-20,35-36H,3-4,11-12H2,1-2H3. The third kappa shape index (κ3) is 3.25. The number of phenols is 2. The van der Waals surface area contributed by atoms with Crippen LogP contribution in [0.15, 0.2) is 84.9 Å². The highest BCUT2D eigenvalue weighted by atomic mass is 16.3. The Morgan fingerprint density at radius 1 is 0.444 bits per heavy atom. The van der Waals surface area contributed by atoms with Crippen LogP contribution in [0.25, 0.3) is 54.2 Å². The largest absolute Gasteiger partial charge is 0.507 e. The van der Waals surface area contributed by atoms with Crippen molar-refractivity contribution in [2.75, 3.05) is 0 Å². The van der Waals surface area contributed by atoms with Gasteiger partial charge in [-0.3, -0.25) is 0 Å². The van der Waals surface area contributed by atoms with E-state index in [9.17, 15) is 10.2 Å². The van der Waals surface area contributed by atoms with Crippen LogP contribution in [0.1, 0.15) is 37.8 Å². The maximum absolute atomic E-state index is 11.5. The van der Waals surface area contributed by atoms with Crippen molar-refractivity contribution >= 4 is 43.1 Å². The molecule has 0 atom stereocenters. The Kier molecular flexibility index (Phi) is 5.53. The average Bonchev–Trinajstić information content (AvgIpc) is 2.91. The van der Waals surface area contributed by atoms with E-state index >= 15 is 0 Å². The van der Waals surface area contributed by atoms with E-state index in [0.717, 1.165) is 79.9 Å². The molecule has 6 aromatic rings. The summed E-state index contributed by atoms with van der Waals surface area (Å²) in [6.07, 6.45) is 3.82. The predicted molar refractivity (Wildman–Crippen MR) is 153 cm³/mol. The molecule has 0 saturated heterocycles. The molecule has 2 heteroatoms. The van der Waals surface area contributed by atoms with Gasteiger partial charge in [0.15, 0.2) is 0 Å². The number of hydrogen-bond acceptors (Lipinski definition) is 2. The van der Waals surface area contributed by atoms with Crippen molar-refractivity contribution in [3.63, 3.8) is 0 Å². The van der Waals surface area contributed by atoms with Crippen LogP contribution in [0.5, 0.6) is 11.5 Å². The van der Waals surface area contributed by atoms with E-state index in [1.165, 1.54) is 11.1 Å². The molecule has 0 spiro atoms. The quantitative estimate of drug-likeness (QED) is 0.246. The van der Waals surface area contributed by atoms with Gasteiger partial charge in [-0.05, 0) is 56.6 Å². The number of benzene rings is 6. The van der Waals surface area contributed by atoms with Crippen LogP contribution in [0, 0.1) is 0 Å². The smallest absolute Gasteiger partial charge is 0.131 e. The number of aryl methyl sites for hydroxylation is 2. The van der Waals surface area contributed by atoms with Gasteiger partial charge in [0.1, 0.15) is 11.5 Å². The molecule has 0 saturated carbocycles. The zero-order valence-corrected chi connectivity index (χ0v) is 20.8. The van der Waals surface area contributed by atoms with Crippen molar-refractivity contribution in [3.8, 4) is 22.6 Å². The second-order valence-corrected chi connectivity index (χ2v) is 9.72. The van der Waals surface area contributed by atoms with Gasteiger partial charge in [-0.25, -0.2) is 0 Å². The fraction of sp³-hybridized carbons (Fsp3) is 0.176. The molecular formula is C34H30O2. The summed E-state index contributed by atoms with van der Waals surface area (Å²) in [4.78, 5) is 0. The van der Waals surface area contributed by atoms with Crippen molar-refractivity contribution in [1.29, 1.82) is 0 Å². The first kappa shape index (κ1) is 22.4. The minimum Gasteiger partial charge on any atom is -0.507 e. The van der Waals surface area contributed by atoms with Gasteiger partial charge in [0, 0.05) is 21.5 Å². The highest BCUT2D eigenvalue weighted by Crippen LogP contribution is 2.50. The van der Waals surface area contributed by atoms with E-state index in [4.69, 9.17) is 0 Å². The number of hydrogen-bond donors (Lipinski definition) is 2. The summed E-state index contributed by atoms with van der Waals surface area (Å²) in [5.41, 5.74) is 4.56. The normalized spacial score (nSPS) is 11.7. The second-order valence-electron chi connectivity index (χ2n) is 9.72. The SMILES string of the molecule is CCCc1cccc2c(-c3c4ccccc4c(O)c4c(CCC)cccc34)c3ccccc3c(O)c12. The number of rotatable bonds is 5. The fourth-order valence-corrected chi connectivity index (χ4v) is 6.04. The highest BCUT2D eigenvalue weighted by Gasteiger charge is 2.22. The molecule has 36 heavy (non-hydrogen) atoms. The Morgan fingerprint density at radius 2 is 0.806 bits per heavy atom. The van der Waals surface area contributed by atoms with E-state index in [0.29, 0.717) is 11.5 Å². The summed E-state index contributed by atoms with van der Waals surface area (Å²) < 4.78 is 0. The number of phenolic OH excluding ortho intramolecular Hbond substituents is 2. The third-order valence-corrected chi connectivity index (χ3v) is 7.51. The fourth-order valence-electron chi connectivity index (χ4n) is 6.04. The Labute approximate surface area is 211 Å². The summed E-state index contributed by atoms with van der Waals surface area (Å²) in [6, 6.07) is 29.1. The number of fused-ring (bicyclic) bond motifs is 4. The van der Waals surface area contributed by atoms with Crippen LogP contribution < -0.4 is 0 Å². The van der Waals surface area contributed by atoms with Crippen LogP contribution >= 0.6 is 0 Å². The molecule has 178 valence electrons. The Hall–Kier alpha value is -4.04. The van der Waals surface area contributed by atoms with Crippen molar-refractivity contribution in [2.45, 2.75) is 39.5 Å². The van der Waals surface area contributed by atoms with Gasteiger partial charge in [-0.1, -0.05) is 112 Å². The summed E-state index contributed by atoms with van der Waals surface area (Å²) >= 11 is 0. The molecule has 0 amide bonds. The van der Waals surface area contributed by atoms with E-state index < -0.39 is 0 Å². The Balaban J connectivity index is 1.92. The molecule has 0 aliphatic heterocycles. The molecule has 0 radical (unpaired) electrons. The molecule has 2 nitrogen and oxygen atoms in total. The summed E-state index contributed by atoms with van der Waals surface area (Å²) in [6.45, 7) is 4.35. The monoisotopic (exact) mass is 470 g/mol. The maximum atomic E-state index is 11.5. The minimum absolute atomic E-state index is 0.354. The maximum Gasteiger partial charge on any atom is 0.131 e. The lowest BCUT2D eigenvalue weighted by Crippen LogP contribution is -1.95. The molecule has 0 fully saturated rings. The van der Waals surface area contributed by atoms with Crippen LogP contribution in [0.3, 0.4) is 0 Å². The van der Waals surface area contributed by atoms with E-state index in [-0.39, 0.29) is 0 Å². The lowest BCUT2D eigenvalue weighted by molar-refractivity contribution is 0.487. The molecule has 0 aliphatic carbocycles. The zero-order valence-electron chi connectivity index (χ0n) is 20.8. The summed E-state index contributed by atoms with van der Waals surface area (Å²) in [5, 5.41) is 30.8. The van der Waals surface area contributed by atoms with Gasteiger partial charge >= 0.3 is 0 Å². The van der Waals surface area contributed by atoms with Gasteiger partial charge in [0.25, 0.3) is 0 Å². The van der Waals surface area contributed by atoms with E-state index in [1.54, 1.807) is 0 Å². The van der Waals surface area contributed by atoms with Gasteiger partial charge in [0.05, 0.1) is 0 Å². The van der Waals surface area contributed by atoms with Crippen LogP contribution in [0.4, 0.5) is 0 Å². The van der Waals surface area contributed by atoms with Crippen molar-refractivity contribution < 1.29 is 10.2 Å². The first-order chi connectivity index (χ1) is 17.7. The Morgan fingerprint density at radius 3 is 1.19 bits per heavy atom. The average molecular weight is 471 g/mol. The van der Waals surface area contributed by atoms with Gasteiger partial charge in [0.2, 0.25) is 0 Å². The molecule has 0 aliphatic rings. The van der Waals surface area contributed by atoms with Gasteiger partial charge in [-0.2, -0.15) is 0 Å². The van der Waals surface area contributed by atoms with Crippen LogP contribution in [-0.4, -0.2) is 10.2 Å². The highest BCUT2D eigenvalue weighted by molar-refractivity contribution is 6.27. The van der Waals surface area contributed by atoms with Gasteiger partial charge < -0.3 is 10.2 Å². The summed E-state index contributed by atoms with van der Waals surface area (Å²) in [5.74, 6) is 0.708. The third-order valence-electron chi connectivity index (χ3n) is 7.51. The minimum atomic E-state index is 0.354. The molecule has 6 rings (SSSR count). The first-order valence-electron chi connectivity index (χ1n) is 13.0. The molecule has 0 aromatic heterocycles. The topological polar surface area (TPSA) is 40.5 Å². The van der Waals surface area contributed by atoms with Crippen LogP contribution in [-0.2, 0) is 12.8 Å². The van der Waals surface area contributed by atoms with Crippen molar-refractivity contribution in [2.24, 2.45) is 0 Å². The molecule has 2 N–H and O–H groups in total. The molecule has 0 bridgehead atoms. The van der Waals surface area contributed by atoms with Crippen molar-refractivity contribution in [1.82, 2.24) is 0 Å². The van der Waals surface area contributed by atoms with Crippen LogP contribution in [0.2, 0.25) is 0 Å². The van der Waals surface area contributed by atoms with E-state index in [2.05, 4.69) is 62.4 Å². The Bertz CT molecular complexity index is 1650. The molecule has 0 unspecified atom stereocenters. The molecule has 6 aromatic carbocycles. The zero-order chi connectivity index (χ0) is 24.8. The first-order valence-corrected chi connectivity index (χ1v) is 13.0.